The number of aryl methyl sites for hydroxylation is 1. The molecular formula is C20H38N6O3. The van der Waals surface area contributed by atoms with Gasteiger partial charge in [0.25, 0.3) is 0 Å². The molecular weight excluding hydrogens is 372 g/mol. The summed E-state index contributed by atoms with van der Waals surface area (Å²) in [5, 5.41) is 21.2. The number of nitrogens with one attached hydrogen (secondary N) is 2. The lowest BCUT2D eigenvalue weighted by atomic mass is 10.0. The van der Waals surface area contributed by atoms with Crippen LogP contribution in [-0.4, -0.2) is 70.7 Å². The number of carbonyl (C=O) groups is 1. The molecule has 1 aromatic heterocycles. The van der Waals surface area contributed by atoms with E-state index in [1.54, 1.807) is 35.9 Å². The number of guanidine groups is 1. The molecule has 1 rings (SSSR count). The smallest absolute Gasteiger partial charge is 0.410 e. The first-order valence-electron chi connectivity index (χ1n) is 10.0. The lowest BCUT2D eigenvalue weighted by molar-refractivity contribution is 0.0277. The van der Waals surface area contributed by atoms with Crippen molar-refractivity contribution in [1.29, 1.82) is 0 Å². The lowest BCUT2D eigenvalue weighted by Gasteiger charge is -2.27. The van der Waals surface area contributed by atoms with Gasteiger partial charge >= 0.3 is 6.09 Å². The largest absolute Gasteiger partial charge is 0.444 e. The second kappa shape index (κ2) is 10.5. The van der Waals surface area contributed by atoms with Crippen molar-refractivity contribution >= 4 is 12.1 Å². The molecule has 0 spiro atoms. The maximum Gasteiger partial charge on any atom is 0.410 e. The second-order valence-electron chi connectivity index (χ2n) is 8.72. The first-order chi connectivity index (χ1) is 13.3. The number of aromatic nitrogens is 2. The third-order valence-electron chi connectivity index (χ3n) is 4.12. The van der Waals surface area contributed by atoms with Crippen LogP contribution in [-0.2, 0) is 17.4 Å². The molecule has 9 heteroatoms. The topological polar surface area (TPSA) is 104 Å². The molecule has 0 aromatic carbocycles. The molecule has 3 N–H and O–H groups in total. The van der Waals surface area contributed by atoms with Gasteiger partial charge in [-0.15, -0.1) is 0 Å². The van der Waals surface area contributed by atoms with Gasteiger partial charge in [0.05, 0.1) is 12.7 Å². The van der Waals surface area contributed by atoms with Gasteiger partial charge in [-0.25, -0.2) is 9.79 Å². The lowest BCUT2D eigenvalue weighted by Crippen LogP contribution is -2.43. The Morgan fingerprint density at radius 1 is 1.38 bits per heavy atom. The van der Waals surface area contributed by atoms with Gasteiger partial charge in [-0.05, 0) is 40.5 Å². The third-order valence-corrected chi connectivity index (χ3v) is 4.12. The molecule has 9 nitrogen and oxygen atoms in total. The van der Waals surface area contributed by atoms with Crippen LogP contribution in [0.5, 0.6) is 0 Å². The SMILES string of the molecule is CCNC(=NCC(C)(O)c1cnn(C)c1)NCC(C)CN(C)C(=O)OC(C)(C)C. The molecule has 29 heavy (non-hydrogen) atoms. The molecule has 1 aromatic rings. The highest BCUT2D eigenvalue weighted by atomic mass is 16.6. The fraction of sp³-hybridized carbons (Fsp3) is 0.750. The van der Waals surface area contributed by atoms with Crippen LogP contribution in [0.25, 0.3) is 0 Å². The van der Waals surface area contributed by atoms with Gasteiger partial charge in [-0.3, -0.25) is 4.68 Å². The van der Waals surface area contributed by atoms with E-state index in [1.807, 2.05) is 41.7 Å². The first kappa shape index (κ1) is 24.7. The highest BCUT2D eigenvalue weighted by Gasteiger charge is 2.25. The summed E-state index contributed by atoms with van der Waals surface area (Å²) >= 11 is 0. The predicted molar refractivity (Wildman–Crippen MR) is 115 cm³/mol. The first-order valence-corrected chi connectivity index (χ1v) is 10.0. The van der Waals surface area contributed by atoms with Crippen LogP contribution < -0.4 is 10.6 Å². The van der Waals surface area contributed by atoms with Gasteiger partial charge in [0.2, 0.25) is 0 Å². The molecule has 0 saturated carbocycles. The van der Waals surface area contributed by atoms with Crippen LogP contribution in [0.15, 0.2) is 17.4 Å². The number of aliphatic imine (C=N–C) groups is 1. The van der Waals surface area contributed by atoms with E-state index in [0.29, 0.717) is 31.2 Å². The van der Waals surface area contributed by atoms with Crippen LogP contribution in [0, 0.1) is 5.92 Å². The number of ether oxygens (including phenoxy) is 1. The molecule has 2 atom stereocenters. The Balaban J connectivity index is 2.60. The van der Waals surface area contributed by atoms with E-state index in [-0.39, 0.29) is 18.6 Å². The van der Waals surface area contributed by atoms with Crippen molar-refractivity contribution in [2.45, 2.75) is 52.7 Å². The summed E-state index contributed by atoms with van der Waals surface area (Å²) in [7, 11) is 3.54. The fourth-order valence-corrected chi connectivity index (χ4v) is 2.58. The average molecular weight is 411 g/mol. The molecule has 1 heterocycles. The maximum atomic E-state index is 12.1. The summed E-state index contributed by atoms with van der Waals surface area (Å²) < 4.78 is 7.03. The van der Waals surface area contributed by atoms with E-state index in [1.165, 1.54) is 0 Å². The van der Waals surface area contributed by atoms with Gasteiger partial charge in [0.1, 0.15) is 11.2 Å². The zero-order valence-electron chi connectivity index (χ0n) is 19.1. The number of carbonyl (C=O) groups excluding carboxylic acids is 1. The normalized spacial score (nSPS) is 15.4. The number of hydrogen-bond donors (Lipinski definition) is 3. The molecule has 2 unspecified atom stereocenters. The van der Waals surface area contributed by atoms with E-state index in [9.17, 15) is 9.90 Å². The minimum Gasteiger partial charge on any atom is -0.444 e. The highest BCUT2D eigenvalue weighted by molar-refractivity contribution is 5.79. The quantitative estimate of drug-likeness (QED) is 0.445. The number of nitrogens with zero attached hydrogens (tertiary/aromatic N) is 4. The number of amides is 1. The molecule has 0 radical (unpaired) electrons. The van der Waals surface area contributed by atoms with Crippen molar-refractivity contribution in [3.05, 3.63) is 18.0 Å². The van der Waals surface area contributed by atoms with Crippen LogP contribution in [0.1, 0.15) is 47.1 Å². The number of rotatable bonds is 8. The standard InChI is InChI=1S/C20H38N6O3/c1-9-21-17(23-14-20(6,28)16-11-24-26(8)13-16)22-10-15(2)12-25(7)18(27)29-19(3,4)5/h11,13,15,28H,9-10,12,14H2,1-8H3,(H2,21,22,23). The van der Waals surface area contributed by atoms with Crippen molar-refractivity contribution in [3.63, 3.8) is 0 Å². The molecule has 0 aliphatic heterocycles. The molecule has 0 saturated heterocycles. The zero-order chi connectivity index (χ0) is 22.2. The average Bonchev–Trinajstić information content (AvgIpc) is 3.03. The Hall–Kier alpha value is -2.29. The summed E-state index contributed by atoms with van der Waals surface area (Å²) in [4.78, 5) is 18.2. The third kappa shape index (κ3) is 9.17. The van der Waals surface area contributed by atoms with Gasteiger partial charge in [0.15, 0.2) is 5.96 Å². The Labute approximate surface area is 174 Å². The summed E-state index contributed by atoms with van der Waals surface area (Å²) in [5.74, 6) is 0.790. The van der Waals surface area contributed by atoms with Gasteiger partial charge in [-0.1, -0.05) is 6.92 Å². The summed E-state index contributed by atoms with van der Waals surface area (Å²) in [5.41, 5.74) is -0.908. The van der Waals surface area contributed by atoms with Crippen molar-refractivity contribution in [3.8, 4) is 0 Å². The summed E-state index contributed by atoms with van der Waals surface area (Å²) in [6, 6.07) is 0. The van der Waals surface area contributed by atoms with E-state index in [4.69, 9.17) is 4.74 Å². The highest BCUT2D eigenvalue weighted by Crippen LogP contribution is 2.19. The number of aliphatic hydroxyl groups is 1. The molecule has 0 aliphatic rings. The van der Waals surface area contributed by atoms with Crippen LogP contribution in [0.3, 0.4) is 0 Å². The number of hydrogen-bond acceptors (Lipinski definition) is 5. The Kier molecular flexibility index (Phi) is 8.94. The minimum absolute atomic E-state index is 0.176. The minimum atomic E-state index is -1.11. The second-order valence-corrected chi connectivity index (χ2v) is 8.72. The molecule has 166 valence electrons. The van der Waals surface area contributed by atoms with E-state index < -0.39 is 11.2 Å². The van der Waals surface area contributed by atoms with E-state index in [0.717, 1.165) is 0 Å². The van der Waals surface area contributed by atoms with Crippen molar-refractivity contribution < 1.29 is 14.6 Å². The van der Waals surface area contributed by atoms with E-state index in [2.05, 4.69) is 20.7 Å². The van der Waals surface area contributed by atoms with Crippen molar-refractivity contribution in [2.24, 2.45) is 18.0 Å². The molecule has 0 fully saturated rings. The van der Waals surface area contributed by atoms with Crippen molar-refractivity contribution in [1.82, 2.24) is 25.3 Å². The summed E-state index contributed by atoms with van der Waals surface area (Å²) in [6.07, 6.45) is 3.09. The predicted octanol–water partition coefficient (Wildman–Crippen LogP) is 1.69. The Morgan fingerprint density at radius 2 is 2.03 bits per heavy atom. The van der Waals surface area contributed by atoms with Gasteiger partial charge in [-0.2, -0.15) is 5.10 Å². The monoisotopic (exact) mass is 410 g/mol. The summed E-state index contributed by atoms with van der Waals surface area (Å²) in [6.45, 7) is 13.4. The molecule has 0 aliphatic carbocycles. The fourth-order valence-electron chi connectivity index (χ4n) is 2.58. The van der Waals surface area contributed by atoms with Crippen molar-refractivity contribution in [2.75, 3.05) is 33.2 Å². The Bertz CT molecular complexity index is 678. The molecule has 0 bridgehead atoms. The molecule has 1 amide bonds. The van der Waals surface area contributed by atoms with Gasteiger partial charge < -0.3 is 25.4 Å². The zero-order valence-corrected chi connectivity index (χ0v) is 19.1. The van der Waals surface area contributed by atoms with Crippen LogP contribution in [0.4, 0.5) is 4.79 Å². The van der Waals surface area contributed by atoms with Crippen LogP contribution >= 0.6 is 0 Å². The maximum absolute atomic E-state index is 12.1. The van der Waals surface area contributed by atoms with Crippen LogP contribution in [0.2, 0.25) is 0 Å². The van der Waals surface area contributed by atoms with Gasteiger partial charge in [0, 0.05) is 45.5 Å². The Morgan fingerprint density at radius 3 is 2.55 bits per heavy atom. The van der Waals surface area contributed by atoms with E-state index >= 15 is 0 Å².